The molecule has 2 aliphatic rings. The zero-order chi connectivity index (χ0) is 30.0. The van der Waals surface area contributed by atoms with Gasteiger partial charge in [0, 0.05) is 37.3 Å². The van der Waals surface area contributed by atoms with Crippen LogP contribution in [0.15, 0.2) is 48.5 Å². The van der Waals surface area contributed by atoms with Crippen LogP contribution >= 0.6 is 0 Å². The predicted molar refractivity (Wildman–Crippen MR) is 157 cm³/mol. The number of aliphatic hydroxyl groups is 1. The number of hydrogen-bond acceptors (Lipinski definition) is 6. The molecular weight excluding hydrogens is 520 g/mol. The van der Waals surface area contributed by atoms with Crippen LogP contribution in [0.3, 0.4) is 0 Å². The molecule has 0 bridgehead atoms. The molecule has 0 saturated carbocycles. The molecule has 41 heavy (non-hydrogen) atoms. The fraction of sp³-hybridized carbons (Fsp3) is 0.545. The lowest BCUT2D eigenvalue weighted by Gasteiger charge is -2.56. The van der Waals surface area contributed by atoms with Gasteiger partial charge in [0.1, 0.15) is 17.5 Å². The zero-order valence-corrected chi connectivity index (χ0v) is 25.1. The molecule has 222 valence electrons. The lowest BCUT2D eigenvalue weighted by atomic mass is 9.61. The maximum atomic E-state index is 13.3. The second kappa shape index (κ2) is 11.9. The van der Waals surface area contributed by atoms with E-state index in [0.717, 1.165) is 11.8 Å². The highest BCUT2D eigenvalue weighted by Crippen LogP contribution is 2.51. The molecule has 2 aromatic carbocycles. The Morgan fingerprint density at radius 1 is 1.07 bits per heavy atom. The van der Waals surface area contributed by atoms with Gasteiger partial charge in [-0.05, 0) is 74.3 Å². The topological polar surface area (TPSA) is 105 Å². The van der Waals surface area contributed by atoms with Crippen molar-refractivity contribution in [2.45, 2.75) is 77.5 Å². The van der Waals surface area contributed by atoms with E-state index >= 15 is 0 Å². The molecule has 2 N–H and O–H groups in total. The molecule has 2 aromatic rings. The van der Waals surface area contributed by atoms with Gasteiger partial charge in [-0.2, -0.15) is 0 Å². The van der Waals surface area contributed by atoms with Crippen molar-refractivity contribution < 1.29 is 29.0 Å². The molecule has 2 heterocycles. The number of ether oxygens (including phenoxy) is 2. The molecule has 2 aliphatic heterocycles. The minimum absolute atomic E-state index is 0.0255. The highest BCUT2D eigenvalue weighted by atomic mass is 16.6. The van der Waals surface area contributed by atoms with E-state index in [-0.39, 0.29) is 24.9 Å². The summed E-state index contributed by atoms with van der Waals surface area (Å²) in [4.78, 5) is 39.6. The van der Waals surface area contributed by atoms with Crippen LogP contribution in [0.5, 0.6) is 0 Å². The molecule has 8 heteroatoms. The summed E-state index contributed by atoms with van der Waals surface area (Å²) < 4.78 is 11.0. The Hall–Kier alpha value is -3.23. The van der Waals surface area contributed by atoms with Crippen molar-refractivity contribution in [2.75, 3.05) is 26.3 Å². The smallest absolute Gasteiger partial charge is 0.410 e. The van der Waals surface area contributed by atoms with Gasteiger partial charge in [-0.1, -0.05) is 57.2 Å². The summed E-state index contributed by atoms with van der Waals surface area (Å²) in [5.41, 5.74) is -0.177. The van der Waals surface area contributed by atoms with Crippen LogP contribution < -0.4 is 5.32 Å². The average Bonchev–Trinajstić information content (AvgIpc) is 2.93. The van der Waals surface area contributed by atoms with Crippen LogP contribution in [0.2, 0.25) is 0 Å². The van der Waals surface area contributed by atoms with Crippen LogP contribution in [0.4, 0.5) is 4.79 Å². The van der Waals surface area contributed by atoms with Gasteiger partial charge in [-0.25, -0.2) is 4.79 Å². The van der Waals surface area contributed by atoms with E-state index in [4.69, 9.17) is 9.47 Å². The summed E-state index contributed by atoms with van der Waals surface area (Å²) in [7, 11) is 0. The van der Waals surface area contributed by atoms with Crippen LogP contribution in [0.25, 0.3) is 0 Å². The van der Waals surface area contributed by atoms with Crippen LogP contribution in [0, 0.1) is 11.3 Å². The molecule has 1 unspecified atom stereocenters. The van der Waals surface area contributed by atoms with Crippen molar-refractivity contribution in [1.29, 1.82) is 0 Å². The fourth-order valence-corrected chi connectivity index (χ4v) is 5.91. The van der Waals surface area contributed by atoms with Gasteiger partial charge in [0.25, 0.3) is 5.91 Å². The Morgan fingerprint density at radius 3 is 2.27 bits per heavy atom. The largest absolute Gasteiger partial charge is 0.444 e. The average molecular weight is 565 g/mol. The zero-order valence-electron chi connectivity index (χ0n) is 25.1. The lowest BCUT2D eigenvalue weighted by Crippen LogP contribution is -2.66. The number of likely N-dealkylation sites (tertiary alicyclic amines) is 1. The van der Waals surface area contributed by atoms with Crippen LogP contribution in [-0.4, -0.2) is 66.2 Å². The SMILES string of the molecule is CC(C)c1ccc([C@](O)(c2cccc(C(=O)NC(C=O)C3CCOCC3)c2)C2(C)CN(C(=O)OC(C)(C)C)C2)cc1. The Kier molecular flexibility index (Phi) is 8.95. The van der Waals surface area contributed by atoms with E-state index in [2.05, 4.69) is 19.2 Å². The van der Waals surface area contributed by atoms with Gasteiger partial charge < -0.3 is 29.6 Å². The van der Waals surface area contributed by atoms with Crippen molar-refractivity contribution in [2.24, 2.45) is 11.3 Å². The van der Waals surface area contributed by atoms with Crippen molar-refractivity contribution >= 4 is 18.3 Å². The Labute approximate surface area is 243 Å². The van der Waals surface area contributed by atoms with Crippen LogP contribution in [0.1, 0.15) is 87.4 Å². The van der Waals surface area contributed by atoms with E-state index in [1.54, 1.807) is 23.1 Å². The van der Waals surface area contributed by atoms with Gasteiger partial charge in [-0.3, -0.25) is 4.79 Å². The number of benzene rings is 2. The second-order valence-electron chi connectivity index (χ2n) is 13.1. The summed E-state index contributed by atoms with van der Waals surface area (Å²) >= 11 is 0. The molecule has 0 aliphatic carbocycles. The third-order valence-electron chi connectivity index (χ3n) is 8.36. The van der Waals surface area contributed by atoms with Crippen molar-refractivity contribution in [3.63, 3.8) is 0 Å². The first-order valence-corrected chi connectivity index (χ1v) is 14.5. The second-order valence-corrected chi connectivity index (χ2v) is 13.1. The van der Waals surface area contributed by atoms with Crippen molar-refractivity contribution in [3.8, 4) is 0 Å². The molecular formula is C33H44N2O6. The van der Waals surface area contributed by atoms with E-state index in [9.17, 15) is 19.5 Å². The Bertz CT molecular complexity index is 1240. The van der Waals surface area contributed by atoms with Gasteiger partial charge in [0.15, 0.2) is 0 Å². The quantitative estimate of drug-likeness (QED) is 0.436. The maximum Gasteiger partial charge on any atom is 0.410 e. The van der Waals surface area contributed by atoms with E-state index in [1.807, 2.05) is 58.0 Å². The number of aldehydes is 1. The highest BCUT2D eigenvalue weighted by Gasteiger charge is 2.58. The van der Waals surface area contributed by atoms with E-state index in [1.165, 1.54) is 0 Å². The van der Waals surface area contributed by atoms with Gasteiger partial charge in [-0.15, -0.1) is 0 Å². The first kappa shape index (κ1) is 30.7. The fourth-order valence-electron chi connectivity index (χ4n) is 5.91. The van der Waals surface area contributed by atoms with E-state index in [0.29, 0.717) is 48.7 Å². The van der Waals surface area contributed by atoms with Gasteiger partial charge in [0.2, 0.25) is 0 Å². The predicted octanol–water partition coefficient (Wildman–Crippen LogP) is 5.03. The first-order valence-electron chi connectivity index (χ1n) is 14.5. The first-order chi connectivity index (χ1) is 19.3. The minimum atomic E-state index is -1.51. The summed E-state index contributed by atoms with van der Waals surface area (Å²) in [6, 6.07) is 14.2. The molecule has 2 saturated heterocycles. The molecule has 0 aromatic heterocycles. The maximum absolute atomic E-state index is 13.3. The number of hydrogen-bond donors (Lipinski definition) is 2. The summed E-state index contributed by atoms with van der Waals surface area (Å²) in [6.45, 7) is 13.3. The molecule has 8 nitrogen and oxygen atoms in total. The van der Waals surface area contributed by atoms with Crippen LogP contribution in [-0.2, 0) is 19.9 Å². The third kappa shape index (κ3) is 6.49. The number of carbonyl (C=O) groups is 3. The normalized spacial score (nSPS) is 19.6. The molecule has 4 rings (SSSR count). The number of nitrogens with zero attached hydrogens (tertiary/aromatic N) is 1. The van der Waals surface area contributed by atoms with E-state index < -0.39 is 28.8 Å². The number of carbonyl (C=O) groups excluding carboxylic acids is 3. The third-order valence-corrected chi connectivity index (χ3v) is 8.36. The molecule has 2 atom stereocenters. The lowest BCUT2D eigenvalue weighted by molar-refractivity contribution is -0.131. The van der Waals surface area contributed by atoms with Crippen molar-refractivity contribution in [3.05, 3.63) is 70.8 Å². The standard InChI is InChI=1S/C33H44N2O6/c1-22(2)23-10-12-26(13-11-23)33(39,32(6)20-35(21-32)30(38)41-31(3,4)5)27-9-7-8-25(18-27)29(37)34-28(19-36)24-14-16-40-17-15-24/h7-13,18-19,22,24,28,39H,14-17,20-21H2,1-6H3,(H,34,37)/t28?,33-/m0/s1. The molecule has 0 spiro atoms. The monoisotopic (exact) mass is 564 g/mol. The molecule has 2 amide bonds. The van der Waals surface area contributed by atoms with Gasteiger partial charge >= 0.3 is 6.09 Å². The Morgan fingerprint density at radius 2 is 1.71 bits per heavy atom. The van der Waals surface area contributed by atoms with Crippen molar-refractivity contribution in [1.82, 2.24) is 10.2 Å². The highest BCUT2D eigenvalue weighted by molar-refractivity contribution is 5.96. The molecule has 2 fully saturated rings. The summed E-state index contributed by atoms with van der Waals surface area (Å²) in [5.74, 6) is -0.0211. The molecule has 0 radical (unpaired) electrons. The summed E-state index contributed by atoms with van der Waals surface area (Å²) in [5, 5.41) is 15.5. The minimum Gasteiger partial charge on any atom is -0.444 e. The number of amides is 2. The Balaban J connectivity index is 1.66. The van der Waals surface area contributed by atoms with Gasteiger partial charge in [0.05, 0.1) is 6.04 Å². The summed E-state index contributed by atoms with van der Waals surface area (Å²) in [6.07, 6.45) is 1.80. The number of rotatable bonds is 8. The number of nitrogens with one attached hydrogen (secondary N) is 1.